The van der Waals surface area contributed by atoms with E-state index in [1.807, 2.05) is 40.4 Å². The van der Waals surface area contributed by atoms with Crippen molar-refractivity contribution in [3.8, 4) is 12.0 Å². The average molecular weight is 535 g/mol. The van der Waals surface area contributed by atoms with Crippen molar-refractivity contribution in [3.05, 3.63) is 30.1 Å². The van der Waals surface area contributed by atoms with Crippen LogP contribution in [0.4, 0.5) is 5.82 Å². The lowest BCUT2D eigenvalue weighted by atomic mass is 9.91. The Kier molecular flexibility index (Phi) is 6.38. The lowest BCUT2D eigenvalue weighted by Crippen LogP contribution is -2.59. The molecule has 1 aromatic carbocycles. The first-order valence-corrected chi connectivity index (χ1v) is 13.4. The smallest absolute Gasteiger partial charge is 0.298 e. The zero-order chi connectivity index (χ0) is 27.3. The van der Waals surface area contributed by atoms with Gasteiger partial charge in [0.25, 0.3) is 6.01 Å². The van der Waals surface area contributed by atoms with Crippen LogP contribution in [-0.2, 0) is 23.0 Å². The van der Waals surface area contributed by atoms with Gasteiger partial charge in [-0.15, -0.1) is 0 Å². The molecule has 2 fully saturated rings. The molecule has 6 rings (SSSR count). The maximum absolute atomic E-state index is 12.6. The number of aromatic nitrogens is 6. The second-order valence-corrected chi connectivity index (χ2v) is 10.8. The SMILES string of the molecule is CCc1nc2ccccc2n1-c1nc(N2CCOCC2)c2nc(OC3CN(C(=O)C(C)(C)CO)C3)n(C)c2n1. The number of aliphatic hydroxyl groups is 1. The van der Waals surface area contributed by atoms with Crippen LogP contribution in [0.2, 0.25) is 0 Å². The van der Waals surface area contributed by atoms with Crippen LogP contribution in [0.15, 0.2) is 24.3 Å². The first-order valence-electron chi connectivity index (χ1n) is 13.4. The number of aliphatic hydroxyl groups excluding tert-OH is 1. The van der Waals surface area contributed by atoms with Gasteiger partial charge in [0.05, 0.1) is 49.4 Å². The Morgan fingerprint density at radius 2 is 1.87 bits per heavy atom. The molecule has 206 valence electrons. The van der Waals surface area contributed by atoms with E-state index in [0.717, 1.165) is 29.1 Å². The van der Waals surface area contributed by atoms with Gasteiger partial charge in [0.2, 0.25) is 11.9 Å². The van der Waals surface area contributed by atoms with Gasteiger partial charge in [-0.1, -0.05) is 19.1 Å². The summed E-state index contributed by atoms with van der Waals surface area (Å²) in [6, 6.07) is 8.42. The van der Waals surface area contributed by atoms with Crippen molar-refractivity contribution in [1.82, 2.24) is 34.0 Å². The highest BCUT2D eigenvalue weighted by Gasteiger charge is 2.40. The number of morpholine rings is 1. The molecule has 1 N–H and O–H groups in total. The van der Waals surface area contributed by atoms with Crippen molar-refractivity contribution in [2.75, 3.05) is 50.9 Å². The second kappa shape index (κ2) is 9.76. The molecular weight excluding hydrogens is 500 g/mol. The van der Waals surface area contributed by atoms with E-state index in [9.17, 15) is 9.90 Å². The molecule has 1 amide bonds. The molecule has 0 atom stereocenters. The van der Waals surface area contributed by atoms with E-state index in [1.165, 1.54) is 0 Å². The van der Waals surface area contributed by atoms with Crippen LogP contribution in [0.3, 0.4) is 0 Å². The van der Waals surface area contributed by atoms with Crippen LogP contribution in [0.1, 0.15) is 26.6 Å². The number of anilines is 1. The van der Waals surface area contributed by atoms with Crippen molar-refractivity contribution in [3.63, 3.8) is 0 Å². The van der Waals surface area contributed by atoms with Crippen LogP contribution >= 0.6 is 0 Å². The highest BCUT2D eigenvalue weighted by atomic mass is 16.5. The number of hydrogen-bond donors (Lipinski definition) is 1. The summed E-state index contributed by atoms with van der Waals surface area (Å²) in [5.41, 5.74) is 2.36. The molecule has 0 spiro atoms. The van der Waals surface area contributed by atoms with Crippen molar-refractivity contribution >= 4 is 33.9 Å². The fourth-order valence-corrected chi connectivity index (χ4v) is 5.08. The number of carbonyl (C=O) groups is 1. The lowest BCUT2D eigenvalue weighted by molar-refractivity contribution is -0.151. The molecule has 5 heterocycles. The average Bonchev–Trinajstić information content (AvgIpc) is 3.47. The normalized spacial score (nSPS) is 16.7. The molecule has 12 nitrogen and oxygen atoms in total. The van der Waals surface area contributed by atoms with Crippen LogP contribution in [0.5, 0.6) is 6.01 Å². The topological polar surface area (TPSA) is 124 Å². The van der Waals surface area contributed by atoms with Gasteiger partial charge in [-0.2, -0.15) is 15.0 Å². The molecule has 0 unspecified atom stereocenters. The maximum atomic E-state index is 12.6. The molecule has 39 heavy (non-hydrogen) atoms. The Balaban J connectivity index is 1.38. The van der Waals surface area contributed by atoms with Gasteiger partial charge in [0, 0.05) is 26.6 Å². The van der Waals surface area contributed by atoms with E-state index in [2.05, 4.69) is 11.8 Å². The third kappa shape index (κ3) is 4.37. The molecule has 0 radical (unpaired) electrons. The van der Waals surface area contributed by atoms with E-state index in [1.54, 1.807) is 18.7 Å². The molecule has 0 bridgehead atoms. The Labute approximate surface area is 226 Å². The minimum Gasteiger partial charge on any atom is -0.458 e. The molecule has 4 aromatic rings. The third-order valence-corrected chi connectivity index (χ3v) is 7.49. The molecule has 12 heteroatoms. The van der Waals surface area contributed by atoms with Gasteiger partial charge >= 0.3 is 0 Å². The minimum absolute atomic E-state index is 0.0840. The summed E-state index contributed by atoms with van der Waals surface area (Å²) in [6.07, 6.45) is 0.537. The summed E-state index contributed by atoms with van der Waals surface area (Å²) in [6.45, 7) is 8.87. The van der Waals surface area contributed by atoms with E-state index in [4.69, 9.17) is 29.4 Å². The molecule has 3 aromatic heterocycles. The van der Waals surface area contributed by atoms with Crippen LogP contribution in [0.25, 0.3) is 28.1 Å². The number of imidazole rings is 2. The van der Waals surface area contributed by atoms with Gasteiger partial charge in [-0.3, -0.25) is 13.9 Å². The number of carbonyl (C=O) groups excluding carboxylic acids is 1. The number of amides is 1. The van der Waals surface area contributed by atoms with Crippen LogP contribution in [0, 0.1) is 5.41 Å². The number of rotatable bonds is 7. The number of likely N-dealkylation sites (tertiary alicyclic amines) is 1. The van der Waals surface area contributed by atoms with Gasteiger partial charge < -0.3 is 24.4 Å². The Hall–Kier alpha value is -3.77. The van der Waals surface area contributed by atoms with Crippen molar-refractivity contribution < 1.29 is 19.4 Å². The summed E-state index contributed by atoms with van der Waals surface area (Å²) < 4.78 is 15.7. The molecule has 2 aliphatic rings. The van der Waals surface area contributed by atoms with E-state index < -0.39 is 5.41 Å². The molecule has 0 saturated carbocycles. The Morgan fingerprint density at radius 1 is 1.13 bits per heavy atom. The van der Waals surface area contributed by atoms with Crippen LogP contribution in [-0.4, -0.2) is 97.1 Å². The second-order valence-electron chi connectivity index (χ2n) is 10.8. The van der Waals surface area contributed by atoms with Crippen LogP contribution < -0.4 is 9.64 Å². The predicted octanol–water partition coefficient (Wildman–Crippen LogP) is 1.71. The highest BCUT2D eigenvalue weighted by molar-refractivity contribution is 5.86. The molecule has 2 aliphatic heterocycles. The van der Waals surface area contributed by atoms with Crippen molar-refractivity contribution in [1.29, 1.82) is 0 Å². The van der Waals surface area contributed by atoms with E-state index in [-0.39, 0.29) is 18.6 Å². The highest BCUT2D eigenvalue weighted by Crippen LogP contribution is 2.31. The quantitative estimate of drug-likeness (QED) is 0.377. The number of ether oxygens (including phenoxy) is 2. The predicted molar refractivity (Wildman–Crippen MR) is 145 cm³/mol. The Bertz CT molecular complexity index is 1530. The molecular formula is C27H34N8O4. The summed E-state index contributed by atoms with van der Waals surface area (Å²) in [4.78, 5) is 36.2. The van der Waals surface area contributed by atoms with Gasteiger partial charge in [0.15, 0.2) is 17.0 Å². The van der Waals surface area contributed by atoms with Crippen molar-refractivity contribution in [2.24, 2.45) is 12.5 Å². The Morgan fingerprint density at radius 3 is 2.59 bits per heavy atom. The molecule has 0 aliphatic carbocycles. The largest absolute Gasteiger partial charge is 0.458 e. The first kappa shape index (κ1) is 25.5. The van der Waals surface area contributed by atoms with Gasteiger partial charge in [-0.25, -0.2) is 4.98 Å². The maximum Gasteiger partial charge on any atom is 0.298 e. The number of benzene rings is 1. The fourth-order valence-electron chi connectivity index (χ4n) is 5.08. The number of nitrogens with zero attached hydrogens (tertiary/aromatic N) is 8. The number of fused-ring (bicyclic) bond motifs is 2. The number of hydrogen-bond acceptors (Lipinski definition) is 9. The summed E-state index contributed by atoms with van der Waals surface area (Å²) >= 11 is 0. The fraction of sp³-hybridized carbons (Fsp3) is 0.519. The van der Waals surface area contributed by atoms with Gasteiger partial charge in [-0.05, 0) is 26.0 Å². The third-order valence-electron chi connectivity index (χ3n) is 7.49. The minimum atomic E-state index is -0.809. The van der Waals surface area contributed by atoms with Gasteiger partial charge in [0.1, 0.15) is 11.9 Å². The first-order chi connectivity index (χ1) is 18.8. The zero-order valence-corrected chi connectivity index (χ0v) is 22.8. The zero-order valence-electron chi connectivity index (χ0n) is 22.8. The monoisotopic (exact) mass is 534 g/mol. The lowest BCUT2D eigenvalue weighted by Gasteiger charge is -2.41. The van der Waals surface area contributed by atoms with E-state index in [0.29, 0.717) is 62.5 Å². The van der Waals surface area contributed by atoms with E-state index >= 15 is 0 Å². The van der Waals surface area contributed by atoms with Crippen molar-refractivity contribution in [2.45, 2.75) is 33.3 Å². The molecule has 2 saturated heterocycles. The number of aryl methyl sites for hydroxylation is 2. The number of para-hydroxylation sites is 2. The summed E-state index contributed by atoms with van der Waals surface area (Å²) in [5, 5.41) is 9.54. The summed E-state index contributed by atoms with van der Waals surface area (Å²) in [7, 11) is 1.88. The standard InChI is InChI=1S/C27H34N8O4/c1-5-20-28-18-8-6-7-9-19(18)35(20)25-30-22-21(23(31-25)33-10-12-38-13-11-33)29-26(32(22)4)39-17-14-34(15-17)24(37)27(2,3)16-36/h6-9,17,36H,5,10-16H2,1-4H3. The summed E-state index contributed by atoms with van der Waals surface area (Å²) in [5.74, 6) is 2.07.